The summed E-state index contributed by atoms with van der Waals surface area (Å²) in [5.74, 6) is 0. The van der Waals surface area contributed by atoms with Gasteiger partial charge in [-0.3, -0.25) is 4.98 Å². The number of pyridine rings is 1. The highest BCUT2D eigenvalue weighted by atomic mass is 35.5. The molecule has 0 atom stereocenters. The molecule has 1 rings (SSSR count). The lowest BCUT2D eigenvalue weighted by Gasteiger charge is -1.98. The number of nitrogens with two attached hydrogens (primary N) is 1. The fourth-order valence-corrected chi connectivity index (χ4v) is 0.690. The summed E-state index contributed by atoms with van der Waals surface area (Å²) in [5.41, 5.74) is 6.39. The maximum absolute atomic E-state index is 8.59. The van der Waals surface area contributed by atoms with Crippen LogP contribution >= 0.6 is 11.6 Å². The molecule has 54 valence electrons. The minimum Gasteiger partial charge on any atom is -0.397 e. The topological polar surface area (TPSA) is 59.1 Å². The molecule has 1 aromatic rings. The molecule has 0 fully saturated rings. The first-order valence-electron chi connectivity index (χ1n) is 2.75. The second-order valence-electron chi connectivity index (χ2n) is 1.86. The van der Waals surface area contributed by atoms with E-state index in [-0.39, 0.29) is 6.61 Å². The number of aromatic nitrogens is 1. The van der Waals surface area contributed by atoms with Crippen molar-refractivity contribution in [2.75, 3.05) is 5.73 Å². The lowest BCUT2D eigenvalue weighted by Crippen LogP contribution is -1.93. The van der Waals surface area contributed by atoms with E-state index >= 15 is 0 Å². The molecule has 0 amide bonds. The molecule has 3 nitrogen and oxygen atoms in total. The molecular weight excluding hydrogens is 152 g/mol. The SMILES string of the molecule is Nc1cc(CO)ncc1Cl. The van der Waals surface area contributed by atoms with Gasteiger partial charge in [-0.1, -0.05) is 11.6 Å². The summed E-state index contributed by atoms with van der Waals surface area (Å²) in [6.07, 6.45) is 1.42. The Morgan fingerprint density at radius 3 is 2.90 bits per heavy atom. The minimum absolute atomic E-state index is 0.110. The molecule has 4 heteroatoms. The third kappa shape index (κ3) is 1.37. The van der Waals surface area contributed by atoms with Crippen LogP contribution in [-0.2, 0) is 6.61 Å². The van der Waals surface area contributed by atoms with Gasteiger partial charge in [0.1, 0.15) is 0 Å². The highest BCUT2D eigenvalue weighted by Crippen LogP contribution is 2.16. The molecule has 0 radical (unpaired) electrons. The molecule has 0 aliphatic heterocycles. The molecule has 0 saturated carbocycles. The smallest absolute Gasteiger partial charge is 0.0853 e. The molecular formula is C6H7ClN2O. The minimum atomic E-state index is -0.110. The number of anilines is 1. The van der Waals surface area contributed by atoms with Gasteiger partial charge in [0.25, 0.3) is 0 Å². The largest absolute Gasteiger partial charge is 0.397 e. The van der Waals surface area contributed by atoms with Crippen LogP contribution < -0.4 is 5.73 Å². The highest BCUT2D eigenvalue weighted by molar-refractivity contribution is 6.32. The second-order valence-corrected chi connectivity index (χ2v) is 2.26. The van der Waals surface area contributed by atoms with Crippen LogP contribution in [0.1, 0.15) is 5.69 Å². The zero-order valence-corrected chi connectivity index (χ0v) is 5.97. The Kier molecular flexibility index (Phi) is 2.09. The van der Waals surface area contributed by atoms with Crippen molar-refractivity contribution in [1.29, 1.82) is 0 Å². The number of aliphatic hydroxyl groups excluding tert-OH is 1. The molecule has 0 aliphatic carbocycles. The monoisotopic (exact) mass is 158 g/mol. The van der Waals surface area contributed by atoms with E-state index in [1.54, 1.807) is 6.07 Å². The predicted octanol–water partition coefficient (Wildman–Crippen LogP) is 0.810. The van der Waals surface area contributed by atoms with Gasteiger partial charge < -0.3 is 10.8 Å². The van der Waals surface area contributed by atoms with Crippen LogP contribution in [-0.4, -0.2) is 10.1 Å². The van der Waals surface area contributed by atoms with Crippen molar-refractivity contribution >= 4 is 17.3 Å². The van der Waals surface area contributed by atoms with Gasteiger partial charge >= 0.3 is 0 Å². The van der Waals surface area contributed by atoms with Crippen LogP contribution in [0.3, 0.4) is 0 Å². The Labute approximate surface area is 63.5 Å². The normalized spacial score (nSPS) is 9.80. The van der Waals surface area contributed by atoms with Crippen LogP contribution in [0.2, 0.25) is 5.02 Å². The van der Waals surface area contributed by atoms with E-state index in [0.717, 1.165) is 0 Å². The Bertz CT molecular complexity index is 239. The van der Waals surface area contributed by atoms with E-state index in [9.17, 15) is 0 Å². The van der Waals surface area contributed by atoms with Crippen molar-refractivity contribution in [3.63, 3.8) is 0 Å². The first kappa shape index (κ1) is 7.31. The molecule has 3 N–H and O–H groups in total. The van der Waals surface area contributed by atoms with Crippen molar-refractivity contribution in [3.05, 3.63) is 23.0 Å². The van der Waals surface area contributed by atoms with Crippen LogP contribution in [0, 0.1) is 0 Å². The summed E-state index contributed by atoms with van der Waals surface area (Å²) >= 11 is 5.57. The summed E-state index contributed by atoms with van der Waals surface area (Å²) < 4.78 is 0. The molecule has 0 aliphatic rings. The van der Waals surface area contributed by atoms with E-state index in [4.69, 9.17) is 22.4 Å². The number of hydrogen-bond donors (Lipinski definition) is 2. The molecule has 10 heavy (non-hydrogen) atoms. The first-order valence-corrected chi connectivity index (χ1v) is 3.12. The van der Waals surface area contributed by atoms with E-state index in [1.165, 1.54) is 6.20 Å². The summed E-state index contributed by atoms with van der Waals surface area (Å²) in [7, 11) is 0. The summed E-state index contributed by atoms with van der Waals surface area (Å²) in [5, 5.41) is 9.01. The van der Waals surface area contributed by atoms with Crippen LogP contribution in [0.5, 0.6) is 0 Å². The van der Waals surface area contributed by atoms with Gasteiger partial charge in [0.2, 0.25) is 0 Å². The lowest BCUT2D eigenvalue weighted by molar-refractivity contribution is 0.277. The standard InChI is InChI=1S/C6H7ClN2O/c7-5-2-9-4(3-10)1-6(5)8/h1-2,10H,3H2,(H2,8,9). The fraction of sp³-hybridized carbons (Fsp3) is 0.167. The van der Waals surface area contributed by atoms with E-state index in [0.29, 0.717) is 16.4 Å². The van der Waals surface area contributed by atoms with Gasteiger partial charge in [0, 0.05) is 6.20 Å². The van der Waals surface area contributed by atoms with Crippen molar-refractivity contribution < 1.29 is 5.11 Å². The zero-order valence-electron chi connectivity index (χ0n) is 5.21. The third-order valence-electron chi connectivity index (χ3n) is 1.10. The van der Waals surface area contributed by atoms with Gasteiger partial charge in [0.15, 0.2) is 0 Å². The molecule has 0 aromatic carbocycles. The maximum atomic E-state index is 8.59. The second kappa shape index (κ2) is 2.86. The zero-order chi connectivity index (χ0) is 7.56. The Morgan fingerprint density at radius 2 is 2.40 bits per heavy atom. The van der Waals surface area contributed by atoms with Crippen molar-refractivity contribution in [2.24, 2.45) is 0 Å². The van der Waals surface area contributed by atoms with Gasteiger partial charge in [-0.05, 0) is 6.07 Å². The van der Waals surface area contributed by atoms with Crippen LogP contribution in [0.15, 0.2) is 12.3 Å². The lowest BCUT2D eigenvalue weighted by atomic mass is 10.3. The third-order valence-corrected chi connectivity index (χ3v) is 1.42. The number of halogens is 1. The Balaban J connectivity index is 3.04. The van der Waals surface area contributed by atoms with Crippen LogP contribution in [0.4, 0.5) is 5.69 Å². The molecule has 0 spiro atoms. The maximum Gasteiger partial charge on any atom is 0.0853 e. The number of rotatable bonds is 1. The molecule has 0 saturated heterocycles. The number of aliphatic hydroxyl groups is 1. The summed E-state index contributed by atoms with van der Waals surface area (Å²) in [6, 6.07) is 1.54. The summed E-state index contributed by atoms with van der Waals surface area (Å²) in [6.45, 7) is -0.110. The van der Waals surface area contributed by atoms with E-state index in [1.807, 2.05) is 0 Å². The van der Waals surface area contributed by atoms with E-state index < -0.39 is 0 Å². The van der Waals surface area contributed by atoms with Crippen molar-refractivity contribution in [3.8, 4) is 0 Å². The quantitative estimate of drug-likeness (QED) is 0.636. The predicted molar refractivity (Wildman–Crippen MR) is 39.6 cm³/mol. The molecule has 0 unspecified atom stereocenters. The first-order chi connectivity index (χ1) is 4.74. The number of hydrogen-bond acceptors (Lipinski definition) is 3. The molecule has 1 aromatic heterocycles. The van der Waals surface area contributed by atoms with Gasteiger partial charge in [-0.2, -0.15) is 0 Å². The highest BCUT2D eigenvalue weighted by Gasteiger charge is 1.96. The van der Waals surface area contributed by atoms with Gasteiger partial charge in [-0.15, -0.1) is 0 Å². The number of nitrogens with zero attached hydrogens (tertiary/aromatic N) is 1. The van der Waals surface area contributed by atoms with E-state index in [2.05, 4.69) is 4.98 Å². The molecule has 0 bridgehead atoms. The Morgan fingerprint density at radius 1 is 1.70 bits per heavy atom. The van der Waals surface area contributed by atoms with Gasteiger partial charge in [-0.25, -0.2) is 0 Å². The van der Waals surface area contributed by atoms with Gasteiger partial charge in [0.05, 0.1) is 23.0 Å². The fourth-order valence-electron chi connectivity index (χ4n) is 0.586. The van der Waals surface area contributed by atoms with Crippen LogP contribution in [0.25, 0.3) is 0 Å². The van der Waals surface area contributed by atoms with Crippen molar-refractivity contribution in [2.45, 2.75) is 6.61 Å². The average molecular weight is 159 g/mol. The number of nitrogen functional groups attached to an aromatic ring is 1. The van der Waals surface area contributed by atoms with Crippen molar-refractivity contribution in [1.82, 2.24) is 4.98 Å². The summed E-state index contributed by atoms with van der Waals surface area (Å²) in [4.78, 5) is 3.80. The molecule has 1 heterocycles. The average Bonchev–Trinajstić information content (AvgIpc) is 1.95. The Hall–Kier alpha value is -0.800.